The normalized spacial score (nSPS) is 11.9. The maximum atomic E-state index is 14.7. The van der Waals surface area contributed by atoms with Crippen molar-refractivity contribution in [3.05, 3.63) is 155 Å². The van der Waals surface area contributed by atoms with Gasteiger partial charge in [0.15, 0.2) is 0 Å². The number of nitrogens with one attached hydrogen (secondary N) is 1. The van der Waals surface area contributed by atoms with Crippen LogP contribution >= 0.6 is 11.6 Å². The zero-order valence-corrected chi connectivity index (χ0v) is 30.5. The number of halogens is 1. The summed E-state index contributed by atoms with van der Waals surface area (Å²) < 4.78 is 35.8. The highest BCUT2D eigenvalue weighted by Crippen LogP contribution is 2.29. The smallest absolute Gasteiger partial charge is 0.264 e. The van der Waals surface area contributed by atoms with Gasteiger partial charge in [0.1, 0.15) is 24.1 Å². The molecule has 1 N–H and O–H groups in total. The Morgan fingerprint density at radius 1 is 0.765 bits per heavy atom. The quantitative estimate of drug-likeness (QED) is 0.118. The van der Waals surface area contributed by atoms with Gasteiger partial charge in [-0.3, -0.25) is 13.9 Å². The number of anilines is 1. The molecule has 0 bridgehead atoms. The topological polar surface area (TPSA) is 96.0 Å². The molecule has 0 heterocycles. The second-order valence-corrected chi connectivity index (χ2v) is 15.0. The fourth-order valence-corrected chi connectivity index (χ4v) is 7.07. The van der Waals surface area contributed by atoms with E-state index in [0.29, 0.717) is 28.6 Å². The molecular weight excluding hydrogens is 682 g/mol. The van der Waals surface area contributed by atoms with Crippen molar-refractivity contribution in [2.24, 2.45) is 5.92 Å². The summed E-state index contributed by atoms with van der Waals surface area (Å²) in [4.78, 5) is 30.2. The third-order valence-electron chi connectivity index (χ3n) is 8.25. The summed E-state index contributed by atoms with van der Waals surface area (Å²) in [6, 6.07) is 37.8. The number of aryl methyl sites for hydroxylation is 1. The average Bonchev–Trinajstić information content (AvgIpc) is 3.13. The fourth-order valence-electron chi connectivity index (χ4n) is 5.46. The van der Waals surface area contributed by atoms with E-state index in [2.05, 4.69) is 5.32 Å². The van der Waals surface area contributed by atoms with E-state index in [4.69, 9.17) is 16.3 Å². The molecular formula is C41H42ClN3O5S. The van der Waals surface area contributed by atoms with Crippen molar-refractivity contribution in [3.8, 4) is 11.5 Å². The summed E-state index contributed by atoms with van der Waals surface area (Å²) in [7, 11) is -4.26. The molecule has 10 heteroatoms. The van der Waals surface area contributed by atoms with Crippen LogP contribution in [-0.4, -0.2) is 44.3 Å². The molecule has 5 aromatic rings. The number of hydrogen-bond acceptors (Lipinski definition) is 5. The number of hydrogen-bond donors (Lipinski definition) is 1. The molecule has 0 fully saturated rings. The van der Waals surface area contributed by atoms with Crippen molar-refractivity contribution in [2.75, 3.05) is 17.4 Å². The van der Waals surface area contributed by atoms with Crippen molar-refractivity contribution in [3.63, 3.8) is 0 Å². The maximum absolute atomic E-state index is 14.7. The predicted octanol–water partition coefficient (Wildman–Crippen LogP) is 8.05. The number of amides is 2. The molecule has 51 heavy (non-hydrogen) atoms. The van der Waals surface area contributed by atoms with Crippen LogP contribution in [0, 0.1) is 12.8 Å². The first kappa shape index (κ1) is 37.1. The maximum Gasteiger partial charge on any atom is 0.264 e. The number of ether oxygens (including phenoxy) is 1. The van der Waals surface area contributed by atoms with Crippen LogP contribution in [0.25, 0.3) is 0 Å². The van der Waals surface area contributed by atoms with E-state index < -0.39 is 28.5 Å². The second kappa shape index (κ2) is 17.2. The Bertz CT molecular complexity index is 2010. The molecule has 2 amide bonds. The molecule has 0 aliphatic heterocycles. The van der Waals surface area contributed by atoms with Gasteiger partial charge in [0, 0.05) is 24.5 Å². The summed E-state index contributed by atoms with van der Waals surface area (Å²) >= 11 is 6.60. The van der Waals surface area contributed by atoms with E-state index in [-0.39, 0.29) is 35.4 Å². The van der Waals surface area contributed by atoms with E-state index in [1.54, 1.807) is 54.6 Å². The van der Waals surface area contributed by atoms with Crippen LogP contribution in [0.15, 0.2) is 138 Å². The molecule has 5 rings (SSSR count). The van der Waals surface area contributed by atoms with Gasteiger partial charge in [0.25, 0.3) is 10.0 Å². The number of nitrogens with zero attached hydrogens (tertiary/aromatic N) is 2. The Balaban J connectivity index is 1.56. The molecule has 264 valence electrons. The minimum Gasteiger partial charge on any atom is -0.457 e. The van der Waals surface area contributed by atoms with Crippen LogP contribution < -0.4 is 14.4 Å². The van der Waals surface area contributed by atoms with Gasteiger partial charge in [-0.15, -0.1) is 0 Å². The number of para-hydroxylation sites is 1. The number of rotatable bonds is 15. The number of benzene rings is 5. The summed E-state index contributed by atoms with van der Waals surface area (Å²) in [5.41, 5.74) is 2.61. The Kier molecular flexibility index (Phi) is 12.5. The minimum absolute atomic E-state index is 0.0205. The van der Waals surface area contributed by atoms with Crippen molar-refractivity contribution in [2.45, 2.75) is 44.7 Å². The lowest BCUT2D eigenvalue weighted by atomic mass is 10.0. The zero-order chi connectivity index (χ0) is 36.4. The highest BCUT2D eigenvalue weighted by atomic mass is 35.5. The molecule has 5 aromatic carbocycles. The van der Waals surface area contributed by atoms with Crippen molar-refractivity contribution in [1.29, 1.82) is 0 Å². The van der Waals surface area contributed by atoms with Gasteiger partial charge in [-0.25, -0.2) is 8.42 Å². The molecule has 1 atom stereocenters. The number of carbonyl (C=O) groups excluding carboxylic acids is 2. The number of carbonyl (C=O) groups is 2. The van der Waals surface area contributed by atoms with Crippen LogP contribution in [0.1, 0.15) is 30.5 Å². The van der Waals surface area contributed by atoms with E-state index in [9.17, 15) is 18.0 Å². The first-order valence-electron chi connectivity index (χ1n) is 16.8. The van der Waals surface area contributed by atoms with Crippen LogP contribution in [0.2, 0.25) is 5.02 Å². The summed E-state index contributed by atoms with van der Waals surface area (Å²) in [6.45, 7) is 5.65. The SMILES string of the molecule is Cc1ccc(S(=O)(=O)N(CC(=O)N(Cc2ccccc2Cl)[C@H](Cc2ccccc2)C(=O)NCC(C)C)c2ccc(Oc3ccccc3)cc2)cc1. The third kappa shape index (κ3) is 9.99. The molecule has 0 aliphatic rings. The minimum atomic E-state index is -4.26. The lowest BCUT2D eigenvalue weighted by Gasteiger charge is -2.34. The first-order valence-corrected chi connectivity index (χ1v) is 18.6. The van der Waals surface area contributed by atoms with Gasteiger partial charge < -0.3 is 15.0 Å². The zero-order valence-electron chi connectivity index (χ0n) is 28.9. The molecule has 0 unspecified atom stereocenters. The van der Waals surface area contributed by atoms with Crippen LogP contribution in [-0.2, 0) is 32.6 Å². The van der Waals surface area contributed by atoms with E-state index >= 15 is 0 Å². The summed E-state index contributed by atoms with van der Waals surface area (Å²) in [5.74, 6) is 0.372. The number of sulfonamides is 1. The molecule has 0 saturated carbocycles. The fraction of sp³-hybridized carbons (Fsp3) is 0.220. The van der Waals surface area contributed by atoms with Crippen LogP contribution in [0.5, 0.6) is 11.5 Å². The Morgan fingerprint density at radius 2 is 1.35 bits per heavy atom. The Hall–Kier alpha value is -5.12. The standard InChI is InChI=1S/C41H42ClN3O5S/c1-30(2)27-43-41(47)39(26-32-12-6-4-7-13-32)44(28-33-14-10-11-17-38(33)42)40(46)29-45(51(48,49)37-24-18-31(3)19-25-37)34-20-22-36(23-21-34)50-35-15-8-5-9-16-35/h4-25,30,39H,26-29H2,1-3H3,(H,43,47)/t39-/m1/s1. The average molecular weight is 724 g/mol. The summed E-state index contributed by atoms with van der Waals surface area (Å²) in [6.07, 6.45) is 0.206. The van der Waals surface area contributed by atoms with Crippen LogP contribution in [0.4, 0.5) is 5.69 Å². The van der Waals surface area contributed by atoms with E-state index in [1.807, 2.05) is 87.5 Å². The molecule has 0 aromatic heterocycles. The van der Waals surface area contributed by atoms with Crippen molar-refractivity contribution >= 4 is 39.1 Å². The van der Waals surface area contributed by atoms with Gasteiger partial charge >= 0.3 is 0 Å². The Labute approximate surface area is 305 Å². The molecule has 0 radical (unpaired) electrons. The van der Waals surface area contributed by atoms with E-state index in [1.165, 1.54) is 17.0 Å². The van der Waals surface area contributed by atoms with Gasteiger partial charge in [-0.05, 0) is 78.6 Å². The first-order chi connectivity index (χ1) is 24.5. The van der Waals surface area contributed by atoms with Crippen molar-refractivity contribution < 1.29 is 22.7 Å². The van der Waals surface area contributed by atoms with Gasteiger partial charge in [0.2, 0.25) is 11.8 Å². The molecule has 0 saturated heterocycles. The van der Waals surface area contributed by atoms with Gasteiger partial charge in [-0.2, -0.15) is 0 Å². The lowest BCUT2D eigenvalue weighted by molar-refractivity contribution is -0.140. The molecule has 0 spiro atoms. The monoisotopic (exact) mass is 723 g/mol. The van der Waals surface area contributed by atoms with Gasteiger partial charge in [-0.1, -0.05) is 110 Å². The van der Waals surface area contributed by atoms with Gasteiger partial charge in [0.05, 0.1) is 10.6 Å². The predicted molar refractivity (Wildman–Crippen MR) is 202 cm³/mol. The molecule has 0 aliphatic carbocycles. The van der Waals surface area contributed by atoms with Crippen LogP contribution in [0.3, 0.4) is 0 Å². The third-order valence-corrected chi connectivity index (χ3v) is 10.4. The van der Waals surface area contributed by atoms with Crippen molar-refractivity contribution in [1.82, 2.24) is 10.2 Å². The Morgan fingerprint density at radius 3 is 1.98 bits per heavy atom. The van der Waals surface area contributed by atoms with E-state index in [0.717, 1.165) is 15.4 Å². The highest BCUT2D eigenvalue weighted by Gasteiger charge is 2.35. The largest absolute Gasteiger partial charge is 0.457 e. The second-order valence-electron chi connectivity index (χ2n) is 12.7. The summed E-state index contributed by atoms with van der Waals surface area (Å²) in [5, 5.41) is 3.42. The lowest BCUT2D eigenvalue weighted by Crippen LogP contribution is -2.53. The molecule has 8 nitrogen and oxygen atoms in total. The highest BCUT2D eigenvalue weighted by molar-refractivity contribution is 7.92.